The van der Waals surface area contributed by atoms with Gasteiger partial charge < -0.3 is 0 Å². The van der Waals surface area contributed by atoms with Crippen molar-refractivity contribution in [1.82, 2.24) is 0 Å². The predicted molar refractivity (Wildman–Crippen MR) is 24.6 cm³/mol. The predicted octanol–water partition coefficient (Wildman–Crippen LogP) is -0.399. The van der Waals surface area contributed by atoms with E-state index >= 15 is 0 Å². The third-order valence-electron chi connectivity index (χ3n) is 0.249. The van der Waals surface area contributed by atoms with Gasteiger partial charge in [-0.1, -0.05) is 0 Å². The average molecular weight is 100 g/mol. The number of carbonyl (C=O) groups is 1. The van der Waals surface area contributed by atoms with E-state index < -0.39 is 0 Å². The third-order valence-corrected chi connectivity index (χ3v) is 0.748. The van der Waals surface area contributed by atoms with Crippen LogP contribution in [0.25, 0.3) is 0 Å². The van der Waals surface area contributed by atoms with E-state index in [9.17, 15) is 4.79 Å². The zero-order valence-corrected chi connectivity index (χ0v) is 4.76. The van der Waals surface area contributed by atoms with Crippen LogP contribution in [0.4, 0.5) is 0 Å². The molecule has 32 valence electrons. The average Bonchev–Trinajstić information content (AvgIpc) is 1.35. The molecule has 0 N–H and O–H groups in total. The first-order valence-electron chi connectivity index (χ1n) is 1.55. The van der Waals surface area contributed by atoms with Crippen LogP contribution in [-0.2, 0) is 8.58 Å². The van der Waals surface area contributed by atoms with Crippen LogP contribution in [0.15, 0.2) is 0 Å². The summed E-state index contributed by atoms with van der Waals surface area (Å²) in [7, 11) is 0. The first kappa shape index (κ1) is 5.87. The Bertz CT molecular complexity index is 69.2. The fraction of sp³-hybridized carbons (Fsp3) is 0.333. The van der Waals surface area contributed by atoms with Crippen LogP contribution < -0.4 is 0 Å². The summed E-state index contributed by atoms with van der Waals surface area (Å²) in [5.41, 5.74) is 0. The molecule has 3 heteroatoms. The van der Waals surface area contributed by atoms with Crippen molar-refractivity contribution in [2.24, 2.45) is 0 Å². The Morgan fingerprint density at radius 3 is 2.50 bits per heavy atom. The van der Waals surface area contributed by atoms with Gasteiger partial charge in [-0.15, -0.1) is 0 Å². The Kier molecular flexibility index (Phi) is 3.01. The number of hydrogen-bond donors (Lipinski definition) is 0. The van der Waals surface area contributed by atoms with Crippen molar-refractivity contribution < 1.29 is 8.58 Å². The SMILES string of the molecule is [CH2]=[Al][O]C(C)=O. The molecule has 0 aliphatic carbocycles. The summed E-state index contributed by atoms with van der Waals surface area (Å²) >= 11 is -0.347. The van der Waals surface area contributed by atoms with E-state index in [0.717, 1.165) is 0 Å². The van der Waals surface area contributed by atoms with Crippen molar-refractivity contribution in [3.05, 3.63) is 0 Å². The summed E-state index contributed by atoms with van der Waals surface area (Å²) in [5, 5.41) is 3.37. The first-order chi connectivity index (χ1) is 2.77. The number of carbonyl (C=O) groups excluding carboxylic acids is 1. The minimum absolute atomic E-state index is 0.236. The van der Waals surface area contributed by atoms with Gasteiger partial charge in [-0.05, 0) is 0 Å². The second-order valence-electron chi connectivity index (χ2n) is 0.776. The van der Waals surface area contributed by atoms with Gasteiger partial charge in [-0.25, -0.2) is 0 Å². The molecule has 0 bridgehead atoms. The Balaban J connectivity index is 3.05. The van der Waals surface area contributed by atoms with Gasteiger partial charge in [-0.2, -0.15) is 0 Å². The van der Waals surface area contributed by atoms with Crippen LogP contribution in [0.5, 0.6) is 0 Å². The molecule has 6 heavy (non-hydrogen) atoms. The van der Waals surface area contributed by atoms with E-state index in [1.165, 1.54) is 6.92 Å². The Morgan fingerprint density at radius 1 is 2.00 bits per heavy atom. The van der Waals surface area contributed by atoms with Gasteiger partial charge >= 0.3 is 42.0 Å². The maximum atomic E-state index is 9.80. The Morgan fingerprint density at radius 2 is 2.50 bits per heavy atom. The van der Waals surface area contributed by atoms with Crippen LogP contribution in [0, 0.1) is 0 Å². The molecule has 0 aliphatic rings. The van der Waals surface area contributed by atoms with Crippen LogP contribution in [-0.4, -0.2) is 26.5 Å². The van der Waals surface area contributed by atoms with Crippen LogP contribution >= 0.6 is 0 Å². The molecule has 0 radical (unpaired) electrons. The summed E-state index contributed by atoms with van der Waals surface area (Å²) in [6, 6.07) is 0. The van der Waals surface area contributed by atoms with Gasteiger partial charge in [0, 0.05) is 0 Å². The standard InChI is InChI=1S/C2H4O2.CH2.Al/c1-2(3)4;;/h1H3,(H,3,4);1H2;/q;;+1/p-1. The molecule has 0 rings (SSSR count). The molecule has 0 aromatic heterocycles. The molecule has 0 aromatic carbocycles. The van der Waals surface area contributed by atoms with E-state index in [1.807, 2.05) is 0 Å². The third kappa shape index (κ3) is 3.87. The summed E-state index contributed by atoms with van der Waals surface area (Å²) in [6.45, 7) is 1.37. The number of rotatable bonds is 1. The van der Waals surface area contributed by atoms with Gasteiger partial charge in [0.2, 0.25) is 0 Å². The molecule has 0 amide bonds. The van der Waals surface area contributed by atoms with Gasteiger partial charge in [-0.3, -0.25) is 0 Å². The van der Waals surface area contributed by atoms with Gasteiger partial charge in [0.15, 0.2) is 0 Å². The molecule has 0 unspecified atom stereocenters. The topological polar surface area (TPSA) is 26.3 Å². The molecule has 0 atom stereocenters. The van der Waals surface area contributed by atoms with E-state index in [-0.39, 0.29) is 21.1 Å². The van der Waals surface area contributed by atoms with E-state index in [1.54, 1.807) is 0 Å². The Hall–Kier alpha value is -0.128. The van der Waals surface area contributed by atoms with Crippen molar-refractivity contribution in [2.75, 3.05) is 0 Å². The zero-order chi connectivity index (χ0) is 4.99. The van der Waals surface area contributed by atoms with Crippen molar-refractivity contribution in [2.45, 2.75) is 6.92 Å². The van der Waals surface area contributed by atoms with Gasteiger partial charge in [0.1, 0.15) is 0 Å². The van der Waals surface area contributed by atoms with Crippen molar-refractivity contribution in [3.8, 4) is 0 Å². The van der Waals surface area contributed by atoms with Gasteiger partial charge in [0.05, 0.1) is 0 Å². The van der Waals surface area contributed by atoms with Crippen LogP contribution in [0.2, 0.25) is 0 Å². The molecule has 0 aromatic rings. The molecule has 0 fully saturated rings. The first-order valence-corrected chi connectivity index (χ1v) is 2.84. The summed E-state index contributed by atoms with van der Waals surface area (Å²) < 4.78 is 4.38. The summed E-state index contributed by atoms with van der Waals surface area (Å²) in [6.07, 6.45) is 0. The summed E-state index contributed by atoms with van der Waals surface area (Å²) in [4.78, 5) is 9.80. The molecule has 2 nitrogen and oxygen atoms in total. The van der Waals surface area contributed by atoms with E-state index in [4.69, 9.17) is 0 Å². The molecule has 0 saturated heterocycles. The molecule has 0 heterocycles. The fourth-order valence-corrected chi connectivity index (χ4v) is 0.352. The van der Waals surface area contributed by atoms with Crippen LogP contribution in [0.1, 0.15) is 6.92 Å². The molecule has 0 aliphatic heterocycles. The van der Waals surface area contributed by atoms with E-state index in [0.29, 0.717) is 0 Å². The minimum atomic E-state index is -0.347. The zero-order valence-electron chi connectivity index (χ0n) is 3.60. The molecular formula is C3H5AlO2. The quantitative estimate of drug-likeness (QED) is 0.419. The maximum absolute atomic E-state index is 9.80. The molecular weight excluding hydrogens is 95.0 g/mol. The monoisotopic (exact) mass is 100 g/mol. The molecule has 0 spiro atoms. The Labute approximate surface area is 42.7 Å². The summed E-state index contributed by atoms with van der Waals surface area (Å²) in [5.74, 6) is -0.236. The fourth-order valence-electron chi connectivity index (χ4n) is 0.117. The van der Waals surface area contributed by atoms with E-state index in [2.05, 4.69) is 9.17 Å². The second kappa shape index (κ2) is 3.08. The van der Waals surface area contributed by atoms with Crippen molar-refractivity contribution in [3.63, 3.8) is 0 Å². The van der Waals surface area contributed by atoms with Gasteiger partial charge in [0.25, 0.3) is 0 Å². The number of hydrogen-bond acceptors (Lipinski definition) is 2. The van der Waals surface area contributed by atoms with Crippen LogP contribution in [0.3, 0.4) is 0 Å². The normalized spacial score (nSPS) is 6.17. The van der Waals surface area contributed by atoms with Crippen molar-refractivity contribution in [1.29, 1.82) is 0 Å². The molecule has 0 saturated carbocycles. The van der Waals surface area contributed by atoms with Crippen molar-refractivity contribution >= 4 is 26.5 Å². The second-order valence-corrected chi connectivity index (χ2v) is 1.35.